The number of ether oxygens (including phenoxy) is 2. The maximum Gasteiger partial charge on any atom is 0.416 e. The van der Waals surface area contributed by atoms with Crippen LogP contribution in [0.5, 0.6) is 5.75 Å². The molecule has 0 aromatic heterocycles. The second-order valence-corrected chi connectivity index (χ2v) is 6.94. The Morgan fingerprint density at radius 1 is 1.21 bits per heavy atom. The van der Waals surface area contributed by atoms with Gasteiger partial charge in [0.1, 0.15) is 5.75 Å². The number of carbonyl (C=O) groups excluding carboxylic acids is 1. The number of aliphatic hydroxyl groups excluding tert-OH is 1. The minimum absolute atomic E-state index is 0.0817. The summed E-state index contributed by atoms with van der Waals surface area (Å²) in [5.74, 6) is -0.256. The quantitative estimate of drug-likeness (QED) is 0.403. The zero-order valence-electron chi connectivity index (χ0n) is 15.2. The van der Waals surface area contributed by atoms with Crippen LogP contribution in [0.3, 0.4) is 0 Å². The van der Waals surface area contributed by atoms with Crippen molar-refractivity contribution in [2.45, 2.75) is 29.3 Å². The summed E-state index contributed by atoms with van der Waals surface area (Å²) in [4.78, 5) is 12.4. The van der Waals surface area contributed by atoms with E-state index < -0.39 is 29.1 Å². The van der Waals surface area contributed by atoms with Crippen LogP contribution in [0, 0.1) is 0 Å². The maximum atomic E-state index is 12.8. The molecule has 0 aliphatic rings. The number of aliphatic hydroxyl groups is 1. The van der Waals surface area contributed by atoms with E-state index in [1.807, 2.05) is 0 Å². The van der Waals surface area contributed by atoms with Crippen molar-refractivity contribution < 1.29 is 32.5 Å². The highest BCUT2D eigenvalue weighted by Gasteiger charge is 2.33. The van der Waals surface area contributed by atoms with Gasteiger partial charge in [-0.1, -0.05) is 12.1 Å². The fourth-order valence-corrected chi connectivity index (χ4v) is 3.58. The lowest BCUT2D eigenvalue weighted by molar-refractivity contribution is -0.153. The molecule has 0 spiro atoms. The van der Waals surface area contributed by atoms with Gasteiger partial charge in [-0.05, 0) is 42.8 Å². The average Bonchev–Trinajstić information content (AvgIpc) is 2.66. The summed E-state index contributed by atoms with van der Waals surface area (Å²) in [6.45, 7) is 1.69. The Labute approximate surface area is 164 Å². The Bertz CT molecular complexity index is 812. The number of methoxy groups -OCH3 is 1. The van der Waals surface area contributed by atoms with E-state index in [-0.39, 0.29) is 12.3 Å². The van der Waals surface area contributed by atoms with Gasteiger partial charge in [0.05, 0.1) is 24.5 Å². The topological polar surface area (TPSA) is 81.8 Å². The molecular formula is C19H20F3NO4S. The van der Waals surface area contributed by atoms with Crippen LogP contribution in [0.1, 0.15) is 23.3 Å². The zero-order valence-corrected chi connectivity index (χ0v) is 16.0. The van der Waals surface area contributed by atoms with E-state index in [1.54, 1.807) is 31.2 Å². The van der Waals surface area contributed by atoms with Crippen molar-refractivity contribution >= 4 is 23.4 Å². The van der Waals surface area contributed by atoms with Gasteiger partial charge in [-0.2, -0.15) is 13.2 Å². The van der Waals surface area contributed by atoms with E-state index in [0.29, 0.717) is 16.2 Å². The lowest BCUT2D eigenvalue weighted by Gasteiger charge is -2.23. The minimum Gasteiger partial charge on any atom is -0.497 e. The van der Waals surface area contributed by atoms with Gasteiger partial charge in [-0.3, -0.25) is 0 Å². The molecule has 0 aliphatic heterocycles. The summed E-state index contributed by atoms with van der Waals surface area (Å²) < 4.78 is 48.5. The van der Waals surface area contributed by atoms with Gasteiger partial charge < -0.3 is 20.3 Å². The van der Waals surface area contributed by atoms with Crippen molar-refractivity contribution in [2.24, 2.45) is 0 Å². The van der Waals surface area contributed by atoms with Crippen molar-refractivity contribution in [3.05, 3.63) is 53.6 Å². The fourth-order valence-electron chi connectivity index (χ4n) is 2.43. The molecule has 5 nitrogen and oxygen atoms in total. The lowest BCUT2D eigenvalue weighted by Crippen LogP contribution is -2.28. The Morgan fingerprint density at radius 2 is 1.86 bits per heavy atom. The SMILES string of the molecule is CCOC(=O)[C@@H](O)[C@H](Sc1ccc(C(F)(F)F)cc1N)c1ccc(OC)cc1. The molecule has 0 fully saturated rings. The highest BCUT2D eigenvalue weighted by molar-refractivity contribution is 7.99. The normalized spacial score (nSPS) is 13.6. The van der Waals surface area contributed by atoms with Crippen LogP contribution >= 0.6 is 11.8 Å². The van der Waals surface area contributed by atoms with Gasteiger partial charge in [-0.25, -0.2) is 4.79 Å². The molecule has 2 aromatic carbocycles. The molecule has 0 amide bonds. The zero-order chi connectivity index (χ0) is 20.9. The minimum atomic E-state index is -4.52. The third-order valence-electron chi connectivity index (χ3n) is 3.85. The van der Waals surface area contributed by atoms with E-state index in [9.17, 15) is 23.1 Å². The molecule has 2 atom stereocenters. The number of hydrogen-bond acceptors (Lipinski definition) is 6. The van der Waals surface area contributed by atoms with Crippen LogP contribution in [0.25, 0.3) is 0 Å². The highest BCUT2D eigenvalue weighted by atomic mass is 32.2. The summed E-state index contributed by atoms with van der Waals surface area (Å²) in [6.07, 6.45) is -6.06. The molecule has 0 bridgehead atoms. The van der Waals surface area contributed by atoms with Gasteiger partial charge in [0, 0.05) is 10.6 Å². The summed E-state index contributed by atoms with van der Waals surface area (Å²) in [5, 5.41) is 9.63. The molecule has 0 saturated heterocycles. The standard InChI is InChI=1S/C19H20F3NO4S/c1-3-27-18(25)16(24)17(11-4-7-13(26-2)8-5-11)28-15-9-6-12(10-14(15)23)19(20,21)22/h4-10,16-17,24H,3,23H2,1-2H3/t16-,17+/m0/s1. The smallest absolute Gasteiger partial charge is 0.416 e. The lowest BCUT2D eigenvalue weighted by atomic mass is 10.1. The number of hydrogen-bond donors (Lipinski definition) is 2. The van der Waals surface area contributed by atoms with Crippen molar-refractivity contribution in [1.82, 2.24) is 0 Å². The van der Waals surface area contributed by atoms with Crippen LogP contribution in [-0.2, 0) is 15.7 Å². The molecule has 0 heterocycles. The Morgan fingerprint density at radius 3 is 2.36 bits per heavy atom. The second-order valence-electron chi connectivity index (χ2n) is 5.76. The van der Waals surface area contributed by atoms with E-state index >= 15 is 0 Å². The summed E-state index contributed by atoms with van der Waals surface area (Å²) in [6, 6.07) is 9.55. The first-order chi connectivity index (χ1) is 13.2. The third-order valence-corrected chi connectivity index (χ3v) is 5.26. The fraction of sp³-hybridized carbons (Fsp3) is 0.316. The first kappa shape index (κ1) is 21.9. The number of nitrogens with two attached hydrogens (primary N) is 1. The molecule has 9 heteroatoms. The van der Waals surface area contributed by atoms with E-state index in [1.165, 1.54) is 13.2 Å². The van der Waals surface area contributed by atoms with Crippen LogP contribution in [0.4, 0.5) is 18.9 Å². The molecule has 0 saturated carbocycles. The number of halogens is 3. The first-order valence-electron chi connectivity index (χ1n) is 8.29. The van der Waals surface area contributed by atoms with E-state index in [0.717, 1.165) is 23.9 Å². The van der Waals surface area contributed by atoms with Crippen LogP contribution in [0.2, 0.25) is 0 Å². The Balaban J connectivity index is 2.37. The van der Waals surface area contributed by atoms with Crippen molar-refractivity contribution in [2.75, 3.05) is 19.5 Å². The van der Waals surface area contributed by atoms with Crippen LogP contribution in [-0.4, -0.2) is 30.9 Å². The molecule has 3 N–H and O–H groups in total. The van der Waals surface area contributed by atoms with Crippen molar-refractivity contribution in [3.63, 3.8) is 0 Å². The van der Waals surface area contributed by atoms with E-state index in [2.05, 4.69) is 0 Å². The highest BCUT2D eigenvalue weighted by Crippen LogP contribution is 2.42. The van der Waals surface area contributed by atoms with Gasteiger partial charge >= 0.3 is 12.1 Å². The molecule has 2 rings (SSSR count). The van der Waals surface area contributed by atoms with Crippen LogP contribution in [0.15, 0.2) is 47.4 Å². The van der Waals surface area contributed by atoms with Gasteiger partial charge in [-0.15, -0.1) is 11.8 Å². The number of benzene rings is 2. The van der Waals surface area contributed by atoms with E-state index in [4.69, 9.17) is 15.2 Å². The molecular weight excluding hydrogens is 395 g/mol. The molecule has 28 heavy (non-hydrogen) atoms. The maximum absolute atomic E-state index is 12.8. The number of carbonyl (C=O) groups is 1. The Kier molecular flexibility index (Phi) is 7.20. The summed E-state index contributed by atoms with van der Waals surface area (Å²) >= 11 is 0.980. The first-order valence-corrected chi connectivity index (χ1v) is 9.17. The number of thioether (sulfide) groups is 1. The Hall–Kier alpha value is -2.39. The van der Waals surface area contributed by atoms with Gasteiger partial charge in [0.15, 0.2) is 6.10 Å². The van der Waals surface area contributed by atoms with Crippen molar-refractivity contribution in [1.29, 1.82) is 0 Å². The number of alkyl halides is 3. The average molecular weight is 415 g/mol. The predicted octanol–water partition coefficient (Wildman–Crippen LogP) is 4.05. The molecule has 2 aromatic rings. The monoisotopic (exact) mass is 415 g/mol. The van der Waals surface area contributed by atoms with Crippen LogP contribution < -0.4 is 10.5 Å². The molecule has 0 unspecified atom stereocenters. The molecule has 152 valence electrons. The number of esters is 1. The van der Waals surface area contributed by atoms with Gasteiger partial charge in [0.25, 0.3) is 0 Å². The number of rotatable bonds is 7. The number of anilines is 1. The number of nitrogen functional groups attached to an aromatic ring is 1. The third kappa shape index (κ3) is 5.32. The molecule has 0 aliphatic carbocycles. The largest absolute Gasteiger partial charge is 0.497 e. The summed E-state index contributed by atoms with van der Waals surface area (Å²) in [7, 11) is 1.50. The molecule has 0 radical (unpaired) electrons. The second kappa shape index (κ2) is 9.20. The van der Waals surface area contributed by atoms with Gasteiger partial charge in [0.2, 0.25) is 0 Å². The predicted molar refractivity (Wildman–Crippen MR) is 100 cm³/mol. The van der Waals surface area contributed by atoms with Crippen molar-refractivity contribution in [3.8, 4) is 5.75 Å². The summed E-state index contributed by atoms with van der Waals surface area (Å²) in [5.41, 5.74) is 5.37.